The van der Waals surface area contributed by atoms with E-state index in [1.54, 1.807) is 18.2 Å². The lowest BCUT2D eigenvalue weighted by atomic mass is 10.2. The largest absolute Gasteiger partial charge is 0.486 e. The van der Waals surface area contributed by atoms with E-state index >= 15 is 0 Å². The number of thiophene rings is 1. The van der Waals surface area contributed by atoms with Crippen molar-refractivity contribution < 1.29 is 18.8 Å². The monoisotopic (exact) mass is 343 g/mol. The molecule has 7 nitrogen and oxygen atoms in total. The molecule has 1 aliphatic heterocycles. The standard InChI is InChI=1S/C16H13N3O4S/c17-15-13(14(19-23-15)12-2-1-7-24-12)16(20)18-9-3-4-10-11(8-9)22-6-5-21-10/h1-4,7-8H,5-6,17H2,(H,18,20). The maximum Gasteiger partial charge on any atom is 0.263 e. The Hall–Kier alpha value is -3.00. The molecule has 3 heterocycles. The second-order valence-corrected chi connectivity index (χ2v) is 6.01. The van der Waals surface area contributed by atoms with Gasteiger partial charge in [-0.05, 0) is 23.6 Å². The molecule has 0 aliphatic carbocycles. The van der Waals surface area contributed by atoms with Crippen LogP contribution < -0.4 is 20.5 Å². The minimum Gasteiger partial charge on any atom is -0.486 e. The third kappa shape index (κ3) is 2.56. The van der Waals surface area contributed by atoms with Crippen LogP contribution in [0.15, 0.2) is 40.2 Å². The van der Waals surface area contributed by atoms with Crippen molar-refractivity contribution >= 4 is 28.8 Å². The highest BCUT2D eigenvalue weighted by molar-refractivity contribution is 7.13. The molecule has 4 rings (SSSR count). The Morgan fingerprint density at radius 2 is 2.04 bits per heavy atom. The SMILES string of the molecule is Nc1onc(-c2cccs2)c1C(=O)Nc1ccc2c(c1)OCCO2. The molecule has 0 spiro atoms. The predicted octanol–water partition coefficient (Wildman–Crippen LogP) is 3.01. The first-order valence-corrected chi connectivity index (χ1v) is 8.10. The molecule has 0 radical (unpaired) electrons. The summed E-state index contributed by atoms with van der Waals surface area (Å²) in [6.07, 6.45) is 0. The number of anilines is 2. The van der Waals surface area contributed by atoms with Crippen LogP contribution in [0.25, 0.3) is 10.6 Å². The zero-order valence-corrected chi connectivity index (χ0v) is 13.3. The number of aromatic nitrogens is 1. The average molecular weight is 343 g/mol. The van der Waals surface area contributed by atoms with Gasteiger partial charge in [0.15, 0.2) is 11.5 Å². The molecule has 0 unspecified atom stereocenters. The Morgan fingerprint density at radius 3 is 2.83 bits per heavy atom. The number of hydrogen-bond acceptors (Lipinski definition) is 7. The summed E-state index contributed by atoms with van der Waals surface area (Å²) in [5, 5.41) is 8.58. The summed E-state index contributed by atoms with van der Waals surface area (Å²) in [5.74, 6) is 0.834. The summed E-state index contributed by atoms with van der Waals surface area (Å²) in [6, 6.07) is 8.91. The van der Waals surface area contributed by atoms with Crippen LogP contribution in [0.5, 0.6) is 11.5 Å². The summed E-state index contributed by atoms with van der Waals surface area (Å²) in [5.41, 5.74) is 7.00. The van der Waals surface area contributed by atoms with Gasteiger partial charge in [-0.3, -0.25) is 4.79 Å². The fourth-order valence-electron chi connectivity index (χ4n) is 2.42. The molecule has 2 aromatic heterocycles. The summed E-state index contributed by atoms with van der Waals surface area (Å²) in [7, 11) is 0. The number of nitrogens with one attached hydrogen (secondary N) is 1. The summed E-state index contributed by atoms with van der Waals surface area (Å²) in [6.45, 7) is 0.992. The van der Waals surface area contributed by atoms with E-state index in [-0.39, 0.29) is 11.4 Å². The second kappa shape index (κ2) is 5.89. The van der Waals surface area contributed by atoms with E-state index in [0.717, 1.165) is 4.88 Å². The van der Waals surface area contributed by atoms with Crippen molar-refractivity contribution in [3.05, 3.63) is 41.3 Å². The van der Waals surface area contributed by atoms with Crippen LogP contribution in [-0.4, -0.2) is 24.3 Å². The van der Waals surface area contributed by atoms with Gasteiger partial charge in [0, 0.05) is 11.8 Å². The quantitative estimate of drug-likeness (QED) is 0.758. The lowest BCUT2D eigenvalue weighted by Gasteiger charge is -2.19. The highest BCUT2D eigenvalue weighted by Gasteiger charge is 2.23. The number of benzene rings is 1. The number of rotatable bonds is 3. The molecule has 3 N–H and O–H groups in total. The van der Waals surface area contributed by atoms with Gasteiger partial charge >= 0.3 is 0 Å². The Bertz CT molecular complexity index is 889. The number of ether oxygens (including phenoxy) is 2. The molecule has 1 aliphatic rings. The number of carbonyl (C=O) groups is 1. The van der Waals surface area contributed by atoms with Crippen molar-refractivity contribution in [2.24, 2.45) is 0 Å². The molecule has 122 valence electrons. The van der Waals surface area contributed by atoms with Gasteiger partial charge in [0.25, 0.3) is 5.91 Å². The highest BCUT2D eigenvalue weighted by Crippen LogP contribution is 2.34. The van der Waals surface area contributed by atoms with Gasteiger partial charge in [0.2, 0.25) is 5.88 Å². The number of nitrogens with zero attached hydrogens (tertiary/aromatic N) is 1. The van der Waals surface area contributed by atoms with Crippen LogP contribution in [0.1, 0.15) is 10.4 Å². The first kappa shape index (κ1) is 14.6. The lowest BCUT2D eigenvalue weighted by molar-refractivity contribution is 0.102. The molecular weight excluding hydrogens is 330 g/mol. The van der Waals surface area contributed by atoms with Gasteiger partial charge in [0.05, 0.1) is 4.88 Å². The molecule has 0 saturated heterocycles. The molecule has 3 aromatic rings. The van der Waals surface area contributed by atoms with Crippen LogP contribution in [0.2, 0.25) is 0 Å². The number of fused-ring (bicyclic) bond motifs is 1. The van der Waals surface area contributed by atoms with Gasteiger partial charge in [-0.1, -0.05) is 11.2 Å². The Kier molecular flexibility index (Phi) is 3.58. The third-order valence-electron chi connectivity index (χ3n) is 3.50. The molecule has 0 fully saturated rings. The minimum atomic E-state index is -0.395. The van der Waals surface area contributed by atoms with Crippen molar-refractivity contribution in [1.29, 1.82) is 0 Å². The van der Waals surface area contributed by atoms with E-state index in [0.29, 0.717) is 36.1 Å². The maximum absolute atomic E-state index is 12.6. The zero-order valence-electron chi connectivity index (χ0n) is 12.4. The number of nitrogens with two attached hydrogens (primary N) is 1. The van der Waals surface area contributed by atoms with Crippen molar-refractivity contribution in [2.75, 3.05) is 24.3 Å². The summed E-state index contributed by atoms with van der Waals surface area (Å²) in [4.78, 5) is 13.4. The number of hydrogen-bond donors (Lipinski definition) is 2. The molecule has 0 atom stereocenters. The van der Waals surface area contributed by atoms with E-state index in [4.69, 9.17) is 19.7 Å². The molecule has 8 heteroatoms. The van der Waals surface area contributed by atoms with Crippen molar-refractivity contribution in [3.8, 4) is 22.1 Å². The number of nitrogen functional groups attached to an aromatic ring is 1. The van der Waals surface area contributed by atoms with Gasteiger partial charge < -0.3 is 25.0 Å². The molecule has 24 heavy (non-hydrogen) atoms. The maximum atomic E-state index is 12.6. The Morgan fingerprint density at radius 1 is 1.21 bits per heavy atom. The topological polar surface area (TPSA) is 99.6 Å². The molecule has 0 saturated carbocycles. The fourth-order valence-corrected chi connectivity index (χ4v) is 3.13. The van der Waals surface area contributed by atoms with Crippen LogP contribution in [0.3, 0.4) is 0 Å². The van der Waals surface area contributed by atoms with Gasteiger partial charge in [-0.15, -0.1) is 11.3 Å². The van der Waals surface area contributed by atoms with E-state index in [1.807, 2.05) is 17.5 Å². The zero-order chi connectivity index (χ0) is 16.5. The minimum absolute atomic E-state index is 0.0200. The van der Waals surface area contributed by atoms with Gasteiger partial charge in [0.1, 0.15) is 24.5 Å². The first-order chi connectivity index (χ1) is 11.7. The lowest BCUT2D eigenvalue weighted by Crippen LogP contribution is -2.17. The van der Waals surface area contributed by atoms with E-state index in [2.05, 4.69) is 10.5 Å². The van der Waals surface area contributed by atoms with E-state index in [1.165, 1.54) is 11.3 Å². The van der Waals surface area contributed by atoms with Gasteiger partial charge in [-0.25, -0.2) is 0 Å². The van der Waals surface area contributed by atoms with Crippen molar-refractivity contribution in [2.45, 2.75) is 0 Å². The average Bonchev–Trinajstić information content (AvgIpc) is 3.24. The number of carbonyl (C=O) groups excluding carboxylic acids is 1. The second-order valence-electron chi connectivity index (χ2n) is 5.06. The van der Waals surface area contributed by atoms with Gasteiger partial charge in [-0.2, -0.15) is 0 Å². The number of amides is 1. The van der Waals surface area contributed by atoms with Crippen LogP contribution in [-0.2, 0) is 0 Å². The molecule has 1 aromatic carbocycles. The smallest absolute Gasteiger partial charge is 0.263 e. The van der Waals surface area contributed by atoms with E-state index < -0.39 is 5.91 Å². The highest BCUT2D eigenvalue weighted by atomic mass is 32.1. The van der Waals surface area contributed by atoms with Crippen molar-refractivity contribution in [3.63, 3.8) is 0 Å². The first-order valence-electron chi connectivity index (χ1n) is 7.22. The molecular formula is C16H13N3O4S. The van der Waals surface area contributed by atoms with Crippen LogP contribution in [0, 0.1) is 0 Å². The summed E-state index contributed by atoms with van der Waals surface area (Å²) < 4.78 is 16.0. The van der Waals surface area contributed by atoms with E-state index in [9.17, 15) is 4.79 Å². The third-order valence-corrected chi connectivity index (χ3v) is 4.38. The Labute approximate surface area is 141 Å². The summed E-state index contributed by atoms with van der Waals surface area (Å²) >= 11 is 1.45. The fraction of sp³-hybridized carbons (Fsp3) is 0.125. The van der Waals surface area contributed by atoms with Crippen molar-refractivity contribution in [1.82, 2.24) is 5.16 Å². The Balaban J connectivity index is 1.62. The predicted molar refractivity (Wildman–Crippen MR) is 89.6 cm³/mol. The molecule has 0 bridgehead atoms. The normalized spacial score (nSPS) is 12.8. The van der Waals surface area contributed by atoms with Crippen LogP contribution in [0.4, 0.5) is 11.6 Å². The molecule has 1 amide bonds. The van der Waals surface area contributed by atoms with Crippen LogP contribution >= 0.6 is 11.3 Å².